The molecular weight excluding hydrogens is 236 g/mol. The van der Waals surface area contributed by atoms with Crippen LogP contribution in [0.1, 0.15) is 28.9 Å². The van der Waals surface area contributed by atoms with Crippen LogP contribution in [0.2, 0.25) is 0 Å². The van der Waals surface area contributed by atoms with E-state index in [9.17, 15) is 9.59 Å². The summed E-state index contributed by atoms with van der Waals surface area (Å²) in [5.41, 5.74) is 0. The fourth-order valence-corrected chi connectivity index (χ4v) is 2.44. The molecule has 2 rings (SSSR count). The lowest BCUT2D eigenvalue weighted by molar-refractivity contribution is -0.127. The lowest BCUT2D eigenvalue weighted by Gasteiger charge is -2.15. The Hall–Kier alpha value is -1.36. The molecule has 91 valence electrons. The van der Waals surface area contributed by atoms with E-state index in [4.69, 9.17) is 0 Å². The monoisotopic (exact) mass is 251 g/mol. The molecule has 1 radical (unpaired) electrons. The maximum absolute atomic E-state index is 11.6. The van der Waals surface area contributed by atoms with Gasteiger partial charge >= 0.3 is 0 Å². The first-order valence-corrected chi connectivity index (χ1v) is 6.66. The number of rotatable bonds is 5. The van der Waals surface area contributed by atoms with Crippen molar-refractivity contribution in [3.05, 3.63) is 22.4 Å². The molecule has 0 unspecified atom stereocenters. The molecule has 0 atom stereocenters. The van der Waals surface area contributed by atoms with E-state index in [1.807, 2.05) is 4.90 Å². The molecule has 0 aromatic carbocycles. The van der Waals surface area contributed by atoms with Gasteiger partial charge in [-0.15, -0.1) is 11.3 Å². The zero-order valence-corrected chi connectivity index (χ0v) is 10.4. The summed E-state index contributed by atoms with van der Waals surface area (Å²) in [6, 6.07) is 4.54. The lowest BCUT2D eigenvalue weighted by Crippen LogP contribution is -2.30. The number of nitrogens with zero attached hydrogens (tertiary/aromatic N) is 1. The first-order chi connectivity index (χ1) is 8.27. The molecule has 1 saturated heterocycles. The van der Waals surface area contributed by atoms with Gasteiger partial charge in [0.15, 0.2) is 0 Å². The second kappa shape index (κ2) is 5.82. The highest BCUT2D eigenvalue weighted by molar-refractivity contribution is 7.12. The Labute approximate surface area is 105 Å². The van der Waals surface area contributed by atoms with Crippen molar-refractivity contribution in [2.45, 2.75) is 19.3 Å². The van der Waals surface area contributed by atoms with Crippen LogP contribution >= 0.6 is 11.3 Å². The molecule has 1 N–H and O–H groups in total. The van der Waals surface area contributed by atoms with E-state index in [1.165, 1.54) is 11.3 Å². The van der Waals surface area contributed by atoms with E-state index >= 15 is 0 Å². The third-order valence-electron chi connectivity index (χ3n) is 2.75. The van der Waals surface area contributed by atoms with Gasteiger partial charge in [-0.25, -0.2) is 0 Å². The molecule has 0 saturated carbocycles. The van der Waals surface area contributed by atoms with Crippen molar-refractivity contribution in [2.75, 3.05) is 19.6 Å². The van der Waals surface area contributed by atoms with Crippen molar-refractivity contribution in [3.63, 3.8) is 0 Å². The molecule has 1 aromatic rings. The number of carbonyl (C=O) groups excluding carboxylic acids is 2. The second-order valence-corrected chi connectivity index (χ2v) is 4.92. The highest BCUT2D eigenvalue weighted by Crippen LogP contribution is 2.10. The van der Waals surface area contributed by atoms with Crippen LogP contribution in [0.15, 0.2) is 11.4 Å². The van der Waals surface area contributed by atoms with E-state index < -0.39 is 0 Å². The Kier molecular flexibility index (Phi) is 4.14. The number of hydrogen-bond acceptors (Lipinski definition) is 3. The molecule has 17 heavy (non-hydrogen) atoms. The van der Waals surface area contributed by atoms with Crippen molar-refractivity contribution in [2.24, 2.45) is 0 Å². The standard InChI is InChI=1S/C12H15N2O2S/c15-11-5-1-7-14(11)8-3-6-13-12(16)10-4-2-9-17-10/h4,9H,1,3,5-8H2,(H,13,16). The second-order valence-electron chi connectivity index (χ2n) is 4.00. The molecule has 1 aliphatic rings. The quantitative estimate of drug-likeness (QED) is 0.802. The fraction of sp³-hybridized carbons (Fsp3) is 0.500. The summed E-state index contributed by atoms with van der Waals surface area (Å²) >= 11 is 1.38. The molecule has 1 fully saturated rings. The Balaban J connectivity index is 1.63. The largest absolute Gasteiger partial charge is 0.351 e. The number of thiophene rings is 1. The van der Waals surface area contributed by atoms with Crippen molar-refractivity contribution >= 4 is 23.2 Å². The van der Waals surface area contributed by atoms with Crippen molar-refractivity contribution in [3.8, 4) is 0 Å². The summed E-state index contributed by atoms with van der Waals surface area (Å²) in [7, 11) is 0. The van der Waals surface area contributed by atoms with Crippen molar-refractivity contribution < 1.29 is 9.59 Å². The zero-order chi connectivity index (χ0) is 12.1. The highest BCUT2D eigenvalue weighted by atomic mass is 32.1. The van der Waals surface area contributed by atoms with Gasteiger partial charge < -0.3 is 10.2 Å². The topological polar surface area (TPSA) is 49.4 Å². The lowest BCUT2D eigenvalue weighted by atomic mass is 10.3. The maximum atomic E-state index is 11.6. The van der Waals surface area contributed by atoms with Crippen LogP contribution < -0.4 is 5.32 Å². The minimum atomic E-state index is -0.0519. The summed E-state index contributed by atoms with van der Waals surface area (Å²) in [5.74, 6) is 0.188. The Morgan fingerprint density at radius 2 is 2.47 bits per heavy atom. The van der Waals surface area contributed by atoms with Gasteiger partial charge in [-0.3, -0.25) is 9.59 Å². The van der Waals surface area contributed by atoms with E-state index in [0.29, 0.717) is 17.8 Å². The van der Waals surface area contributed by atoms with Gasteiger partial charge in [-0.2, -0.15) is 0 Å². The van der Waals surface area contributed by atoms with Crippen LogP contribution in [0.4, 0.5) is 0 Å². The van der Waals surface area contributed by atoms with Crippen LogP contribution in [0.5, 0.6) is 0 Å². The average molecular weight is 251 g/mol. The number of hydrogen-bond donors (Lipinski definition) is 1. The van der Waals surface area contributed by atoms with Gasteiger partial charge in [0, 0.05) is 26.1 Å². The molecule has 2 amide bonds. The predicted molar refractivity (Wildman–Crippen MR) is 65.9 cm³/mol. The molecule has 0 aliphatic carbocycles. The third-order valence-corrected chi connectivity index (χ3v) is 3.57. The van der Waals surface area contributed by atoms with Gasteiger partial charge in [0.2, 0.25) is 5.91 Å². The number of amides is 2. The van der Waals surface area contributed by atoms with Gasteiger partial charge in [0.25, 0.3) is 5.91 Å². The highest BCUT2D eigenvalue weighted by Gasteiger charge is 2.19. The fourth-order valence-electron chi connectivity index (χ4n) is 1.86. The Bertz CT molecular complexity index is 389. The molecule has 1 aliphatic heterocycles. The molecule has 0 bridgehead atoms. The molecule has 2 heterocycles. The average Bonchev–Trinajstić information content (AvgIpc) is 2.96. The third kappa shape index (κ3) is 3.30. The van der Waals surface area contributed by atoms with E-state index in [1.54, 1.807) is 11.4 Å². The first kappa shape index (κ1) is 12.1. The Morgan fingerprint density at radius 1 is 1.59 bits per heavy atom. The molecular formula is C12H15N2O2S. The molecule has 1 aromatic heterocycles. The summed E-state index contributed by atoms with van der Waals surface area (Å²) in [5, 5.41) is 4.60. The summed E-state index contributed by atoms with van der Waals surface area (Å²) in [4.78, 5) is 25.4. The van der Waals surface area contributed by atoms with E-state index in [2.05, 4.69) is 11.4 Å². The van der Waals surface area contributed by atoms with E-state index in [0.717, 1.165) is 25.9 Å². The van der Waals surface area contributed by atoms with E-state index in [-0.39, 0.29) is 11.8 Å². The SMILES string of the molecule is O=C(NCCCN1CCCC1=O)c1c[c]cs1. The summed E-state index contributed by atoms with van der Waals surface area (Å²) in [6.07, 6.45) is 2.46. The van der Waals surface area contributed by atoms with Crippen molar-refractivity contribution in [1.29, 1.82) is 0 Å². The predicted octanol–water partition coefficient (Wildman–Crippen LogP) is 1.29. The Morgan fingerprint density at radius 3 is 3.12 bits per heavy atom. The normalized spacial score (nSPS) is 15.3. The zero-order valence-electron chi connectivity index (χ0n) is 9.57. The molecule has 0 spiro atoms. The van der Waals surface area contributed by atoms with Gasteiger partial charge in [0.05, 0.1) is 4.88 Å². The smallest absolute Gasteiger partial charge is 0.261 e. The van der Waals surface area contributed by atoms with Crippen LogP contribution in [0.3, 0.4) is 0 Å². The summed E-state index contributed by atoms with van der Waals surface area (Å²) in [6.45, 7) is 2.23. The van der Waals surface area contributed by atoms with Gasteiger partial charge in [-0.05, 0) is 30.4 Å². The maximum Gasteiger partial charge on any atom is 0.261 e. The number of carbonyl (C=O) groups is 2. The minimum absolute atomic E-state index is 0.0519. The van der Waals surface area contributed by atoms with Crippen molar-refractivity contribution in [1.82, 2.24) is 10.2 Å². The van der Waals surface area contributed by atoms with Crippen LogP contribution in [-0.2, 0) is 4.79 Å². The van der Waals surface area contributed by atoms with Gasteiger partial charge in [0.1, 0.15) is 0 Å². The summed E-state index contributed by atoms with van der Waals surface area (Å²) < 4.78 is 0. The molecule has 5 heteroatoms. The first-order valence-electron chi connectivity index (χ1n) is 5.78. The molecule has 4 nitrogen and oxygen atoms in total. The number of likely N-dealkylation sites (tertiary alicyclic amines) is 1. The number of nitrogens with one attached hydrogen (secondary N) is 1. The van der Waals surface area contributed by atoms with Crippen LogP contribution in [0, 0.1) is 6.07 Å². The van der Waals surface area contributed by atoms with Crippen LogP contribution in [-0.4, -0.2) is 36.3 Å². The minimum Gasteiger partial charge on any atom is -0.351 e. The van der Waals surface area contributed by atoms with Crippen LogP contribution in [0.25, 0.3) is 0 Å². The van der Waals surface area contributed by atoms with Gasteiger partial charge in [-0.1, -0.05) is 0 Å².